The summed E-state index contributed by atoms with van der Waals surface area (Å²) in [6, 6.07) is 20.5. The summed E-state index contributed by atoms with van der Waals surface area (Å²) in [6.07, 6.45) is 1.75. The summed E-state index contributed by atoms with van der Waals surface area (Å²) in [6.45, 7) is 3.03. The first-order valence-corrected chi connectivity index (χ1v) is 10.2. The topological polar surface area (TPSA) is 50.8 Å². The van der Waals surface area contributed by atoms with Crippen molar-refractivity contribution in [2.45, 2.75) is 19.4 Å². The Bertz CT molecular complexity index is 1040. The Morgan fingerprint density at radius 3 is 2.66 bits per heavy atom. The van der Waals surface area contributed by atoms with E-state index in [0.29, 0.717) is 5.75 Å². The van der Waals surface area contributed by atoms with Crippen LogP contribution >= 0.6 is 0 Å². The van der Waals surface area contributed by atoms with Crippen LogP contribution in [0.1, 0.15) is 18.4 Å². The predicted octanol–water partition coefficient (Wildman–Crippen LogP) is 4.42. The van der Waals surface area contributed by atoms with Crippen LogP contribution in [0.4, 0.5) is 5.69 Å². The van der Waals surface area contributed by atoms with Crippen LogP contribution in [0.5, 0.6) is 11.5 Å². The fourth-order valence-electron chi connectivity index (χ4n) is 4.24. The molecule has 0 unspecified atom stereocenters. The van der Waals surface area contributed by atoms with Crippen molar-refractivity contribution in [1.29, 1.82) is 0 Å². The maximum absolute atomic E-state index is 12.7. The van der Waals surface area contributed by atoms with Crippen LogP contribution in [0.3, 0.4) is 0 Å². The van der Waals surface area contributed by atoms with Gasteiger partial charge in [0.05, 0.1) is 0 Å². The first kappa shape index (κ1) is 18.0. The van der Waals surface area contributed by atoms with Gasteiger partial charge in [-0.2, -0.15) is 0 Å². The molecule has 2 aliphatic heterocycles. The molecule has 0 saturated carbocycles. The third kappa shape index (κ3) is 3.78. The predicted molar refractivity (Wildman–Crippen MR) is 113 cm³/mol. The summed E-state index contributed by atoms with van der Waals surface area (Å²) in [5, 5.41) is 5.63. The number of piperidine rings is 1. The molecule has 29 heavy (non-hydrogen) atoms. The van der Waals surface area contributed by atoms with Crippen LogP contribution in [0, 0.1) is 5.92 Å². The molecule has 1 amide bonds. The number of nitrogens with zero attached hydrogens (tertiary/aromatic N) is 1. The highest BCUT2D eigenvalue weighted by atomic mass is 16.7. The van der Waals surface area contributed by atoms with E-state index in [-0.39, 0.29) is 18.6 Å². The van der Waals surface area contributed by atoms with Gasteiger partial charge in [-0.3, -0.25) is 9.69 Å². The molecule has 5 rings (SSSR count). The van der Waals surface area contributed by atoms with E-state index in [1.54, 1.807) is 0 Å². The van der Waals surface area contributed by atoms with E-state index in [1.807, 2.05) is 18.2 Å². The highest BCUT2D eigenvalue weighted by Gasteiger charge is 2.25. The molecule has 0 atom stereocenters. The van der Waals surface area contributed by atoms with Gasteiger partial charge in [0.2, 0.25) is 12.7 Å². The number of fused-ring (bicyclic) bond motifs is 2. The molecule has 0 bridgehead atoms. The highest BCUT2D eigenvalue weighted by molar-refractivity contribution is 5.93. The lowest BCUT2D eigenvalue weighted by Crippen LogP contribution is -2.37. The lowest BCUT2D eigenvalue weighted by atomic mass is 9.95. The molecule has 1 fully saturated rings. The van der Waals surface area contributed by atoms with E-state index in [1.165, 1.54) is 16.3 Å². The van der Waals surface area contributed by atoms with Gasteiger partial charge >= 0.3 is 0 Å². The minimum Gasteiger partial charge on any atom is -0.454 e. The number of carbonyl (C=O) groups excluding carboxylic acids is 1. The molecule has 0 aliphatic carbocycles. The average molecular weight is 388 g/mol. The molecule has 5 nitrogen and oxygen atoms in total. The highest BCUT2D eigenvalue weighted by Crippen LogP contribution is 2.34. The molecule has 2 aliphatic rings. The van der Waals surface area contributed by atoms with Gasteiger partial charge in [0.15, 0.2) is 11.5 Å². The molecule has 1 N–H and O–H groups in total. The van der Waals surface area contributed by atoms with Crippen molar-refractivity contribution in [3.63, 3.8) is 0 Å². The minimum atomic E-state index is 0.0455. The van der Waals surface area contributed by atoms with Gasteiger partial charge in [0, 0.05) is 24.2 Å². The second kappa shape index (κ2) is 7.76. The zero-order valence-corrected chi connectivity index (χ0v) is 16.3. The fourth-order valence-corrected chi connectivity index (χ4v) is 4.24. The van der Waals surface area contributed by atoms with E-state index in [2.05, 4.69) is 52.7 Å². The second-order valence-electron chi connectivity index (χ2n) is 7.75. The molecule has 148 valence electrons. The summed E-state index contributed by atoms with van der Waals surface area (Å²) < 4.78 is 10.7. The van der Waals surface area contributed by atoms with Gasteiger partial charge in [-0.15, -0.1) is 0 Å². The summed E-state index contributed by atoms with van der Waals surface area (Å²) in [5.74, 6) is 1.55. The average Bonchev–Trinajstić information content (AvgIpc) is 3.22. The Morgan fingerprint density at radius 2 is 1.76 bits per heavy atom. The zero-order chi connectivity index (χ0) is 19.6. The normalized spacial score (nSPS) is 16.8. The number of amides is 1. The molecule has 3 aromatic rings. The zero-order valence-electron chi connectivity index (χ0n) is 16.3. The lowest BCUT2D eigenvalue weighted by Gasteiger charge is -2.31. The standard InChI is InChI=1S/C24H24N2O3/c27-24(25-20-8-9-22-23(14-20)29-16-28-22)18-10-12-26(13-11-18)15-19-6-3-5-17-4-1-2-7-21(17)19/h1-9,14,18H,10-13,15-16H2,(H,25,27). The van der Waals surface area contributed by atoms with Crippen LogP contribution in [0.2, 0.25) is 0 Å². The van der Waals surface area contributed by atoms with E-state index in [9.17, 15) is 4.79 Å². The van der Waals surface area contributed by atoms with E-state index < -0.39 is 0 Å². The smallest absolute Gasteiger partial charge is 0.231 e. The molecule has 3 aromatic carbocycles. The third-order valence-corrected chi connectivity index (χ3v) is 5.87. The van der Waals surface area contributed by atoms with Crippen molar-refractivity contribution >= 4 is 22.4 Å². The first-order chi connectivity index (χ1) is 14.3. The first-order valence-electron chi connectivity index (χ1n) is 10.2. The van der Waals surface area contributed by atoms with Crippen molar-refractivity contribution in [2.75, 3.05) is 25.2 Å². The largest absolute Gasteiger partial charge is 0.454 e. The number of likely N-dealkylation sites (tertiary alicyclic amines) is 1. The number of anilines is 1. The number of benzene rings is 3. The number of ether oxygens (including phenoxy) is 2. The molecule has 5 heteroatoms. The minimum absolute atomic E-state index is 0.0455. The molecule has 1 saturated heterocycles. The Labute approximate surface area is 170 Å². The Morgan fingerprint density at radius 1 is 0.966 bits per heavy atom. The molecular weight excluding hydrogens is 364 g/mol. The van der Waals surface area contributed by atoms with Gasteiger partial charge in [-0.25, -0.2) is 0 Å². The van der Waals surface area contributed by atoms with Crippen molar-refractivity contribution in [3.8, 4) is 11.5 Å². The third-order valence-electron chi connectivity index (χ3n) is 5.87. The van der Waals surface area contributed by atoms with Crippen LogP contribution in [0.25, 0.3) is 10.8 Å². The molecule has 2 heterocycles. The fraction of sp³-hybridized carbons (Fsp3) is 0.292. The van der Waals surface area contributed by atoms with Crippen LogP contribution in [0.15, 0.2) is 60.7 Å². The van der Waals surface area contributed by atoms with Gasteiger partial charge in [-0.05, 0) is 54.4 Å². The monoisotopic (exact) mass is 388 g/mol. The van der Waals surface area contributed by atoms with Crippen molar-refractivity contribution in [3.05, 3.63) is 66.2 Å². The summed E-state index contributed by atoms with van der Waals surface area (Å²) >= 11 is 0. The van der Waals surface area contributed by atoms with Crippen molar-refractivity contribution < 1.29 is 14.3 Å². The van der Waals surface area contributed by atoms with Crippen LogP contribution in [-0.4, -0.2) is 30.7 Å². The number of rotatable bonds is 4. The van der Waals surface area contributed by atoms with Crippen LogP contribution in [-0.2, 0) is 11.3 Å². The van der Waals surface area contributed by atoms with E-state index in [0.717, 1.165) is 43.9 Å². The quantitative estimate of drug-likeness (QED) is 0.719. The van der Waals surface area contributed by atoms with Gasteiger partial charge in [0.1, 0.15) is 0 Å². The molecule has 0 aromatic heterocycles. The maximum Gasteiger partial charge on any atom is 0.231 e. The van der Waals surface area contributed by atoms with Gasteiger partial charge < -0.3 is 14.8 Å². The Balaban J connectivity index is 1.18. The molecular formula is C24H24N2O3. The lowest BCUT2D eigenvalue weighted by molar-refractivity contribution is -0.121. The van der Waals surface area contributed by atoms with E-state index in [4.69, 9.17) is 9.47 Å². The van der Waals surface area contributed by atoms with E-state index >= 15 is 0 Å². The second-order valence-corrected chi connectivity index (χ2v) is 7.75. The van der Waals surface area contributed by atoms with Gasteiger partial charge in [0.25, 0.3) is 0 Å². The van der Waals surface area contributed by atoms with Crippen LogP contribution < -0.4 is 14.8 Å². The molecule has 0 spiro atoms. The van der Waals surface area contributed by atoms with Crippen molar-refractivity contribution in [1.82, 2.24) is 4.90 Å². The Hall–Kier alpha value is -3.05. The SMILES string of the molecule is O=C(Nc1ccc2c(c1)OCO2)C1CCN(Cc2cccc3ccccc23)CC1. The summed E-state index contributed by atoms with van der Waals surface area (Å²) in [4.78, 5) is 15.2. The number of nitrogens with one attached hydrogen (secondary N) is 1. The molecule has 0 radical (unpaired) electrons. The number of hydrogen-bond donors (Lipinski definition) is 1. The summed E-state index contributed by atoms with van der Waals surface area (Å²) in [5.41, 5.74) is 2.11. The van der Waals surface area contributed by atoms with Crippen molar-refractivity contribution in [2.24, 2.45) is 5.92 Å². The van der Waals surface area contributed by atoms with Gasteiger partial charge in [-0.1, -0.05) is 42.5 Å². The maximum atomic E-state index is 12.7. The number of carbonyl (C=O) groups is 1. The number of hydrogen-bond acceptors (Lipinski definition) is 4. The Kier molecular flexibility index (Phi) is 4.82. The summed E-state index contributed by atoms with van der Waals surface area (Å²) in [7, 11) is 0.